The molecule has 1 aromatic heterocycles. The minimum atomic E-state index is -3.76. The zero-order chi connectivity index (χ0) is 19.4. The molecule has 0 saturated carbocycles. The van der Waals surface area contributed by atoms with Gasteiger partial charge in [0.05, 0.1) is 11.1 Å². The molecule has 0 bridgehead atoms. The molecule has 1 aromatic carbocycles. The molecule has 1 unspecified atom stereocenters. The summed E-state index contributed by atoms with van der Waals surface area (Å²) in [5.41, 5.74) is 1.09. The van der Waals surface area contributed by atoms with Gasteiger partial charge in [-0.05, 0) is 56.3 Å². The summed E-state index contributed by atoms with van der Waals surface area (Å²) < 4.78 is 30.5. The Kier molecular flexibility index (Phi) is 6.87. The van der Waals surface area contributed by atoms with Gasteiger partial charge < -0.3 is 4.57 Å². The van der Waals surface area contributed by atoms with Gasteiger partial charge in [0.15, 0.2) is 0 Å². The van der Waals surface area contributed by atoms with Crippen molar-refractivity contribution in [2.45, 2.75) is 36.6 Å². The van der Waals surface area contributed by atoms with Crippen molar-refractivity contribution < 1.29 is 8.42 Å². The van der Waals surface area contributed by atoms with Crippen molar-refractivity contribution in [3.63, 3.8) is 0 Å². The number of aryl methyl sites for hydroxylation is 1. The fourth-order valence-corrected chi connectivity index (χ4v) is 5.40. The maximum atomic E-state index is 12.8. The lowest BCUT2D eigenvalue weighted by Gasteiger charge is -2.31. The van der Waals surface area contributed by atoms with Gasteiger partial charge in [0.1, 0.15) is 4.90 Å². The van der Waals surface area contributed by atoms with E-state index in [2.05, 4.69) is 20.3 Å². The van der Waals surface area contributed by atoms with Gasteiger partial charge in [-0.3, -0.25) is 4.90 Å². The van der Waals surface area contributed by atoms with Crippen molar-refractivity contribution in [2.75, 3.05) is 19.6 Å². The van der Waals surface area contributed by atoms with E-state index in [1.54, 1.807) is 6.07 Å². The lowest BCUT2D eigenvalue weighted by atomic mass is 10.1. The van der Waals surface area contributed by atoms with E-state index in [-0.39, 0.29) is 22.5 Å². The standard InChI is InChI=1S/C19H25Cl2N3O2S/c1-23-10-6-7-17(23)18(24-11-4-2-3-5-12-24)14-22-27(25,26)19-13-15(20)8-9-16(19)21/h6-10,13,18,22H,2-5,11-12,14H2,1H3. The predicted octanol–water partition coefficient (Wildman–Crippen LogP) is 4.23. The second-order valence-corrected chi connectivity index (χ2v) is 9.52. The fourth-order valence-electron chi connectivity index (χ4n) is 3.60. The van der Waals surface area contributed by atoms with Gasteiger partial charge in [-0.15, -0.1) is 0 Å². The van der Waals surface area contributed by atoms with Crippen LogP contribution in [0.15, 0.2) is 41.4 Å². The second kappa shape index (κ2) is 8.97. The van der Waals surface area contributed by atoms with E-state index in [1.807, 2.05) is 19.3 Å². The molecule has 0 amide bonds. The van der Waals surface area contributed by atoms with Crippen LogP contribution in [0, 0.1) is 0 Å². The number of nitrogens with zero attached hydrogens (tertiary/aromatic N) is 2. The first-order valence-corrected chi connectivity index (χ1v) is 11.4. The van der Waals surface area contributed by atoms with Crippen molar-refractivity contribution in [3.05, 3.63) is 52.3 Å². The zero-order valence-corrected chi connectivity index (χ0v) is 17.7. The summed E-state index contributed by atoms with van der Waals surface area (Å²) in [5, 5.41) is 0.503. The molecule has 0 spiro atoms. The molecule has 1 aliphatic heterocycles. The molecule has 1 N–H and O–H groups in total. The van der Waals surface area contributed by atoms with Crippen molar-refractivity contribution >= 4 is 33.2 Å². The molecular formula is C19H25Cl2N3O2S. The molecule has 1 atom stereocenters. The number of benzene rings is 1. The maximum Gasteiger partial charge on any atom is 0.242 e. The van der Waals surface area contributed by atoms with Crippen LogP contribution in [0.4, 0.5) is 0 Å². The third-order valence-corrected chi connectivity index (χ3v) is 7.20. The highest BCUT2D eigenvalue weighted by atomic mass is 35.5. The van der Waals surface area contributed by atoms with E-state index in [4.69, 9.17) is 23.2 Å². The Bertz CT molecular complexity index is 875. The van der Waals surface area contributed by atoms with E-state index in [1.165, 1.54) is 25.0 Å². The maximum absolute atomic E-state index is 12.8. The smallest absolute Gasteiger partial charge is 0.242 e. The number of aromatic nitrogens is 1. The fraction of sp³-hybridized carbons (Fsp3) is 0.474. The Morgan fingerprint density at radius 1 is 1.11 bits per heavy atom. The molecule has 2 aromatic rings. The van der Waals surface area contributed by atoms with E-state index in [9.17, 15) is 8.42 Å². The largest absolute Gasteiger partial charge is 0.353 e. The summed E-state index contributed by atoms with van der Waals surface area (Å²) >= 11 is 12.1. The molecule has 27 heavy (non-hydrogen) atoms. The number of sulfonamides is 1. The first-order chi connectivity index (χ1) is 12.9. The van der Waals surface area contributed by atoms with Crippen LogP contribution in [0.2, 0.25) is 10.0 Å². The first-order valence-electron chi connectivity index (χ1n) is 9.18. The van der Waals surface area contributed by atoms with Crippen LogP contribution in [0.3, 0.4) is 0 Å². The Labute approximate surface area is 171 Å². The van der Waals surface area contributed by atoms with Crippen molar-refractivity contribution in [1.82, 2.24) is 14.2 Å². The van der Waals surface area contributed by atoms with Gasteiger partial charge in [-0.2, -0.15) is 0 Å². The summed E-state index contributed by atoms with van der Waals surface area (Å²) in [5.74, 6) is 0. The molecule has 2 heterocycles. The molecule has 148 valence electrons. The number of hydrogen-bond acceptors (Lipinski definition) is 3. The van der Waals surface area contributed by atoms with Gasteiger partial charge in [-0.25, -0.2) is 13.1 Å². The normalized spacial score (nSPS) is 17.6. The van der Waals surface area contributed by atoms with Crippen LogP contribution in [0.25, 0.3) is 0 Å². The number of halogens is 2. The molecule has 0 radical (unpaired) electrons. The third-order valence-electron chi connectivity index (χ3n) is 5.06. The number of rotatable bonds is 6. The van der Waals surface area contributed by atoms with Crippen molar-refractivity contribution in [2.24, 2.45) is 7.05 Å². The summed E-state index contributed by atoms with van der Waals surface area (Å²) in [4.78, 5) is 2.39. The molecule has 1 aliphatic rings. The van der Waals surface area contributed by atoms with Gasteiger partial charge in [0.2, 0.25) is 10.0 Å². The van der Waals surface area contributed by atoms with Gasteiger partial charge >= 0.3 is 0 Å². The lowest BCUT2D eigenvalue weighted by molar-refractivity contribution is 0.199. The average molecular weight is 430 g/mol. The van der Waals surface area contributed by atoms with Crippen LogP contribution in [0.5, 0.6) is 0 Å². The molecule has 1 saturated heterocycles. The van der Waals surface area contributed by atoms with Crippen LogP contribution in [0.1, 0.15) is 37.4 Å². The summed E-state index contributed by atoms with van der Waals surface area (Å²) in [6.07, 6.45) is 6.70. The van der Waals surface area contributed by atoms with E-state index >= 15 is 0 Å². The molecule has 0 aliphatic carbocycles. The minimum Gasteiger partial charge on any atom is -0.353 e. The minimum absolute atomic E-state index is 0.0122. The molecule has 5 nitrogen and oxygen atoms in total. The Hall–Kier alpha value is -1.05. The molecule has 3 rings (SSSR count). The summed E-state index contributed by atoms with van der Waals surface area (Å²) in [6.45, 7) is 2.22. The number of hydrogen-bond donors (Lipinski definition) is 1. The highest BCUT2D eigenvalue weighted by Gasteiger charge is 2.26. The summed E-state index contributed by atoms with van der Waals surface area (Å²) in [7, 11) is -1.77. The Morgan fingerprint density at radius 3 is 2.44 bits per heavy atom. The van der Waals surface area contributed by atoms with E-state index in [0.29, 0.717) is 5.02 Å². The SMILES string of the molecule is Cn1cccc1C(CNS(=O)(=O)c1cc(Cl)ccc1Cl)N1CCCCCC1. The lowest BCUT2D eigenvalue weighted by Crippen LogP contribution is -2.39. The highest BCUT2D eigenvalue weighted by Crippen LogP contribution is 2.27. The van der Waals surface area contributed by atoms with Crippen LogP contribution >= 0.6 is 23.2 Å². The van der Waals surface area contributed by atoms with Gasteiger partial charge in [0.25, 0.3) is 0 Å². The monoisotopic (exact) mass is 429 g/mol. The molecular weight excluding hydrogens is 405 g/mol. The average Bonchev–Trinajstić information content (AvgIpc) is 2.88. The Balaban J connectivity index is 1.84. The Morgan fingerprint density at radius 2 is 1.81 bits per heavy atom. The molecule has 1 fully saturated rings. The van der Waals surface area contributed by atoms with E-state index in [0.717, 1.165) is 31.6 Å². The van der Waals surface area contributed by atoms with Gasteiger partial charge in [0, 0.05) is 30.5 Å². The quantitative estimate of drug-likeness (QED) is 0.747. The van der Waals surface area contributed by atoms with E-state index < -0.39 is 10.0 Å². The molecule has 8 heteroatoms. The highest BCUT2D eigenvalue weighted by molar-refractivity contribution is 7.89. The van der Waals surface area contributed by atoms with Crippen LogP contribution < -0.4 is 4.72 Å². The zero-order valence-electron chi connectivity index (χ0n) is 15.4. The van der Waals surface area contributed by atoms with Crippen molar-refractivity contribution in [3.8, 4) is 0 Å². The number of nitrogens with one attached hydrogen (secondary N) is 1. The second-order valence-electron chi connectivity index (χ2n) is 6.94. The predicted molar refractivity (Wildman–Crippen MR) is 110 cm³/mol. The van der Waals surface area contributed by atoms with Gasteiger partial charge in [-0.1, -0.05) is 36.0 Å². The van der Waals surface area contributed by atoms with Crippen LogP contribution in [-0.2, 0) is 17.1 Å². The van der Waals surface area contributed by atoms with Crippen LogP contribution in [-0.4, -0.2) is 37.5 Å². The topological polar surface area (TPSA) is 54.3 Å². The third kappa shape index (κ3) is 5.06. The number of likely N-dealkylation sites (tertiary alicyclic amines) is 1. The summed E-state index contributed by atoms with van der Waals surface area (Å²) in [6, 6.07) is 8.47. The van der Waals surface area contributed by atoms with Crippen molar-refractivity contribution in [1.29, 1.82) is 0 Å². The first kappa shape index (κ1) is 20.7.